The van der Waals surface area contributed by atoms with Crippen LogP contribution in [0.1, 0.15) is 44.9 Å². The lowest BCUT2D eigenvalue weighted by atomic mass is 9.71. The number of hydrogen-bond acceptors (Lipinski definition) is 15. The van der Waals surface area contributed by atoms with Crippen molar-refractivity contribution in [2.75, 3.05) is 19.7 Å². The molecule has 0 bridgehead atoms. The van der Waals surface area contributed by atoms with Crippen LogP contribution in [0.3, 0.4) is 0 Å². The van der Waals surface area contributed by atoms with Gasteiger partial charge >= 0.3 is 0 Å². The van der Waals surface area contributed by atoms with Crippen LogP contribution in [0.15, 0.2) is 0 Å². The second kappa shape index (κ2) is 13.9. The minimum absolute atomic E-state index is 0.0827. The summed E-state index contributed by atoms with van der Waals surface area (Å²) in [5.41, 5.74) is 28.9. The molecule has 1 amide bonds. The van der Waals surface area contributed by atoms with Gasteiger partial charge in [-0.05, 0) is 44.6 Å². The van der Waals surface area contributed by atoms with Gasteiger partial charge in [0, 0.05) is 49.5 Å². The van der Waals surface area contributed by atoms with Crippen LogP contribution in [0.25, 0.3) is 0 Å². The minimum Gasteiger partial charge on any atom is -0.394 e. The Morgan fingerprint density at radius 2 is 1.64 bits per heavy atom. The van der Waals surface area contributed by atoms with E-state index < -0.39 is 85.1 Å². The molecule has 2 saturated heterocycles. The number of hydrogen-bond donors (Lipinski definition) is 12. The van der Waals surface area contributed by atoms with Gasteiger partial charge in [-0.25, -0.2) is 0 Å². The molecule has 1 unspecified atom stereocenters. The number of ether oxygens (including phenoxy) is 3. The Bertz CT molecular complexity index is 972. The lowest BCUT2D eigenvalue weighted by Gasteiger charge is -2.52. The molecule has 44 heavy (non-hydrogen) atoms. The van der Waals surface area contributed by atoms with E-state index in [4.69, 9.17) is 42.9 Å². The molecule has 5 rings (SSSR count). The van der Waals surface area contributed by atoms with Crippen LogP contribution in [0.2, 0.25) is 0 Å². The van der Waals surface area contributed by atoms with Crippen LogP contribution in [0, 0.1) is 11.8 Å². The highest BCUT2D eigenvalue weighted by Crippen LogP contribution is 2.38. The third kappa shape index (κ3) is 6.94. The lowest BCUT2D eigenvalue weighted by molar-refractivity contribution is -0.306. The zero-order valence-corrected chi connectivity index (χ0v) is 25.1. The molecular weight excluding hydrogens is 578 g/mol. The molecule has 0 spiro atoms. The molecule has 0 aromatic heterocycles. The summed E-state index contributed by atoms with van der Waals surface area (Å²) in [6.07, 6.45) is -5.16. The Labute approximate surface area is 257 Å². The molecule has 3 saturated carbocycles. The van der Waals surface area contributed by atoms with Gasteiger partial charge in [0.2, 0.25) is 0 Å². The maximum atomic E-state index is 13.2. The summed E-state index contributed by atoms with van der Waals surface area (Å²) in [7, 11) is 0. The lowest BCUT2D eigenvalue weighted by Crippen LogP contribution is -2.71. The quantitative estimate of drug-likeness (QED) is 0.107. The van der Waals surface area contributed by atoms with E-state index in [0.717, 1.165) is 32.2 Å². The minimum atomic E-state index is -1.66. The number of rotatable bonds is 10. The molecule has 2 aliphatic heterocycles. The van der Waals surface area contributed by atoms with Gasteiger partial charge in [0.15, 0.2) is 6.29 Å². The van der Waals surface area contributed by atoms with Crippen molar-refractivity contribution in [3.05, 3.63) is 0 Å². The molecular formula is C28H53N7O9. The number of aliphatic hydroxyl groups excluding tert-OH is 4. The van der Waals surface area contributed by atoms with Gasteiger partial charge in [-0.15, -0.1) is 0 Å². The van der Waals surface area contributed by atoms with Gasteiger partial charge in [-0.2, -0.15) is 0 Å². The highest BCUT2D eigenvalue weighted by atomic mass is 16.7. The number of nitrogens with one attached hydrogen (secondary N) is 2. The first-order chi connectivity index (χ1) is 20.8. The molecule has 2 heterocycles. The van der Waals surface area contributed by atoms with Crippen LogP contribution in [0.5, 0.6) is 0 Å². The van der Waals surface area contributed by atoms with Crippen LogP contribution in [0.4, 0.5) is 0 Å². The summed E-state index contributed by atoms with van der Waals surface area (Å²) in [4.78, 5) is 13.2. The van der Waals surface area contributed by atoms with Crippen LogP contribution in [-0.4, -0.2) is 142 Å². The molecule has 13 atom stereocenters. The van der Waals surface area contributed by atoms with Crippen molar-refractivity contribution in [1.29, 1.82) is 0 Å². The average Bonchev–Trinajstić information content (AvgIpc) is 2.96. The van der Waals surface area contributed by atoms with Gasteiger partial charge in [0.05, 0.1) is 37.0 Å². The van der Waals surface area contributed by atoms with E-state index in [9.17, 15) is 30.3 Å². The van der Waals surface area contributed by atoms with E-state index in [1.165, 1.54) is 0 Å². The second-order valence-corrected chi connectivity index (χ2v) is 13.8. The fourth-order valence-corrected chi connectivity index (χ4v) is 7.67. The van der Waals surface area contributed by atoms with Crippen LogP contribution < -0.4 is 39.3 Å². The van der Waals surface area contributed by atoms with Gasteiger partial charge in [-0.3, -0.25) is 4.79 Å². The summed E-state index contributed by atoms with van der Waals surface area (Å²) in [5.74, 6) is -0.901. The molecule has 3 aliphatic carbocycles. The van der Waals surface area contributed by atoms with Crippen molar-refractivity contribution in [2.24, 2.45) is 40.5 Å². The van der Waals surface area contributed by atoms with Crippen molar-refractivity contribution < 1.29 is 44.5 Å². The topological polar surface area (TPSA) is 300 Å². The van der Waals surface area contributed by atoms with Crippen molar-refractivity contribution >= 4 is 5.91 Å². The van der Waals surface area contributed by atoms with E-state index in [1.807, 2.05) is 0 Å². The molecule has 0 radical (unpaired) electrons. The highest BCUT2D eigenvalue weighted by Gasteiger charge is 2.55. The fraction of sp³-hybridized carbons (Fsp3) is 0.964. The number of aliphatic hydroxyl groups is 5. The predicted octanol–water partition coefficient (Wildman–Crippen LogP) is -5.62. The van der Waals surface area contributed by atoms with Gasteiger partial charge in [0.1, 0.15) is 30.0 Å². The summed E-state index contributed by atoms with van der Waals surface area (Å²) in [6.45, 7) is 0.446. The zero-order chi connectivity index (χ0) is 31.9. The molecule has 17 N–H and O–H groups in total. The highest BCUT2D eigenvalue weighted by molar-refractivity contribution is 5.86. The van der Waals surface area contributed by atoms with E-state index in [1.54, 1.807) is 0 Å². The Kier molecular flexibility index (Phi) is 10.9. The summed E-state index contributed by atoms with van der Waals surface area (Å²) in [6, 6.07) is -3.03. The second-order valence-electron chi connectivity index (χ2n) is 13.8. The first-order valence-corrected chi connectivity index (χ1v) is 16.0. The average molecular weight is 632 g/mol. The van der Waals surface area contributed by atoms with E-state index in [0.29, 0.717) is 12.5 Å². The van der Waals surface area contributed by atoms with Crippen molar-refractivity contribution in [3.8, 4) is 0 Å². The van der Waals surface area contributed by atoms with E-state index in [-0.39, 0.29) is 43.5 Å². The standard InChI is InChI=1S/C28H53N7O9/c29-8-14-1-2-16(34-9-11-3-12(30)4-11)24(42-14)19-15(32)5-17(35-27(40)28(41)6-13(31)7-28)25(22(19)38)44-26-23(39)20(33)21(37)18(10-36)43-26/h11-26,34,36-39,41H,1-10,29-33H2,(H,35,40)/t11?,12?,13?,14-,15-,16+,17+,18+,19?,20-,21+,22-,23+,24-,25-,26+,28?/m0/s1. The molecule has 5 fully saturated rings. The van der Waals surface area contributed by atoms with E-state index >= 15 is 0 Å². The maximum absolute atomic E-state index is 13.2. The van der Waals surface area contributed by atoms with Crippen molar-refractivity contribution in [3.63, 3.8) is 0 Å². The Balaban J connectivity index is 1.38. The zero-order valence-electron chi connectivity index (χ0n) is 25.1. The van der Waals surface area contributed by atoms with Crippen molar-refractivity contribution in [2.45, 2.75) is 136 Å². The fourth-order valence-electron chi connectivity index (χ4n) is 7.67. The summed E-state index contributed by atoms with van der Waals surface area (Å²) in [5, 5.41) is 60.0. The Morgan fingerprint density at radius 3 is 2.25 bits per heavy atom. The monoisotopic (exact) mass is 631 g/mol. The smallest absolute Gasteiger partial charge is 0.252 e. The van der Waals surface area contributed by atoms with Gasteiger partial charge < -0.3 is 79.0 Å². The van der Waals surface area contributed by atoms with Crippen molar-refractivity contribution in [1.82, 2.24) is 10.6 Å². The molecule has 16 heteroatoms. The van der Waals surface area contributed by atoms with E-state index in [2.05, 4.69) is 10.6 Å². The summed E-state index contributed by atoms with van der Waals surface area (Å²) >= 11 is 0. The number of amides is 1. The number of nitrogens with two attached hydrogens (primary N) is 5. The number of carbonyl (C=O) groups excluding carboxylic acids is 1. The SMILES string of the molecule is NC[C@@H]1CC[C@@H](NCC2CC(N)C2)[C@@H](C2[C@@H](N)C[C@@H](NC(=O)C3(O)CC(N)C3)[C@H](O[C@H]3O[C@H](CO)[C@@H](O)[C@H](N)[C@H]3O)[C@H]2O)O1. The third-order valence-electron chi connectivity index (χ3n) is 10.4. The van der Waals surface area contributed by atoms with Crippen LogP contribution >= 0.6 is 0 Å². The van der Waals surface area contributed by atoms with Gasteiger partial charge in [-0.1, -0.05) is 0 Å². The first kappa shape index (κ1) is 34.3. The largest absolute Gasteiger partial charge is 0.394 e. The molecule has 0 aromatic carbocycles. The third-order valence-corrected chi connectivity index (χ3v) is 10.4. The molecule has 5 aliphatic rings. The predicted molar refractivity (Wildman–Crippen MR) is 156 cm³/mol. The molecule has 0 aromatic rings. The Hall–Kier alpha value is -1.09. The first-order valence-electron chi connectivity index (χ1n) is 16.0. The van der Waals surface area contributed by atoms with Crippen LogP contribution in [-0.2, 0) is 19.0 Å². The normalized spacial score (nSPS) is 51.2. The molecule has 254 valence electrons. The number of carbonyl (C=O) groups is 1. The Morgan fingerprint density at radius 1 is 0.932 bits per heavy atom. The summed E-state index contributed by atoms with van der Waals surface area (Å²) < 4.78 is 18.3. The maximum Gasteiger partial charge on any atom is 0.252 e. The molecule has 16 nitrogen and oxygen atoms in total. The van der Waals surface area contributed by atoms with Gasteiger partial charge in [0.25, 0.3) is 5.91 Å².